The average Bonchev–Trinajstić information content (AvgIpc) is 3.11. The number of ether oxygens (including phenoxy) is 1. The summed E-state index contributed by atoms with van der Waals surface area (Å²) in [6, 6.07) is 5.88. The summed E-state index contributed by atoms with van der Waals surface area (Å²) in [6.07, 6.45) is 7.78. The lowest BCUT2D eigenvalue weighted by Crippen LogP contribution is -2.53. The molecule has 0 spiro atoms. The van der Waals surface area contributed by atoms with E-state index in [9.17, 15) is 4.79 Å². The van der Waals surface area contributed by atoms with Crippen LogP contribution in [0.3, 0.4) is 0 Å². The molecular formula is C19H23N5O2. The second kappa shape index (κ2) is 7.47. The van der Waals surface area contributed by atoms with Gasteiger partial charge in [0.2, 0.25) is 0 Å². The minimum Gasteiger partial charge on any atom is -0.381 e. The molecule has 7 nitrogen and oxygen atoms in total. The Hall–Kier alpha value is -2.38. The molecule has 2 saturated heterocycles. The number of carbonyl (C=O) groups is 1. The largest absolute Gasteiger partial charge is 0.381 e. The van der Waals surface area contributed by atoms with Gasteiger partial charge in [0.1, 0.15) is 12.0 Å². The topological polar surface area (TPSA) is 71.5 Å². The zero-order valence-electron chi connectivity index (χ0n) is 14.9. The van der Waals surface area contributed by atoms with E-state index in [-0.39, 0.29) is 18.1 Å². The molecule has 0 saturated carbocycles. The minimum atomic E-state index is -0.0137. The van der Waals surface area contributed by atoms with E-state index in [2.05, 4.69) is 25.9 Å². The molecule has 0 aliphatic carbocycles. The molecule has 4 heterocycles. The minimum absolute atomic E-state index is 0.0137. The molecule has 2 aromatic rings. The van der Waals surface area contributed by atoms with Crippen LogP contribution in [0.4, 0.5) is 0 Å². The van der Waals surface area contributed by atoms with Gasteiger partial charge in [0.15, 0.2) is 0 Å². The predicted octanol–water partition coefficient (Wildman–Crippen LogP) is 1.23. The smallest absolute Gasteiger partial charge is 0.272 e. The van der Waals surface area contributed by atoms with Crippen LogP contribution in [-0.2, 0) is 11.3 Å². The molecule has 26 heavy (non-hydrogen) atoms. The highest BCUT2D eigenvalue weighted by Gasteiger charge is 2.46. The van der Waals surface area contributed by atoms with Crippen molar-refractivity contribution in [3.63, 3.8) is 0 Å². The molecule has 0 N–H and O–H groups in total. The lowest BCUT2D eigenvalue weighted by molar-refractivity contribution is -0.0158. The third kappa shape index (κ3) is 3.32. The molecule has 0 unspecified atom stereocenters. The Kier molecular flexibility index (Phi) is 4.90. The molecule has 0 bridgehead atoms. The molecule has 7 heteroatoms. The Morgan fingerprint density at radius 2 is 2.19 bits per heavy atom. The van der Waals surface area contributed by atoms with E-state index in [0.717, 1.165) is 26.1 Å². The van der Waals surface area contributed by atoms with Crippen molar-refractivity contribution in [1.29, 1.82) is 0 Å². The molecule has 2 aliphatic rings. The van der Waals surface area contributed by atoms with Crippen molar-refractivity contribution in [1.82, 2.24) is 24.8 Å². The summed E-state index contributed by atoms with van der Waals surface area (Å²) in [5.41, 5.74) is 1.65. The van der Waals surface area contributed by atoms with Gasteiger partial charge in [0.05, 0.1) is 12.1 Å². The molecule has 3 atom stereocenters. The number of hydrogen-bond donors (Lipinski definition) is 0. The summed E-state index contributed by atoms with van der Waals surface area (Å²) >= 11 is 0. The number of hydrogen-bond acceptors (Lipinski definition) is 6. The van der Waals surface area contributed by atoms with Crippen molar-refractivity contribution >= 4 is 5.91 Å². The highest BCUT2D eigenvalue weighted by atomic mass is 16.5. The average molecular weight is 353 g/mol. The maximum Gasteiger partial charge on any atom is 0.272 e. The van der Waals surface area contributed by atoms with Crippen molar-refractivity contribution in [2.24, 2.45) is 5.92 Å². The maximum atomic E-state index is 13.0. The molecular weight excluding hydrogens is 330 g/mol. The lowest BCUT2D eigenvalue weighted by atomic mass is 9.88. The van der Waals surface area contributed by atoms with Gasteiger partial charge in [-0.2, -0.15) is 0 Å². The van der Waals surface area contributed by atoms with Gasteiger partial charge in [-0.1, -0.05) is 6.07 Å². The van der Waals surface area contributed by atoms with Gasteiger partial charge in [-0.05, 0) is 24.1 Å². The number of piperidine rings is 1. The van der Waals surface area contributed by atoms with Gasteiger partial charge in [-0.15, -0.1) is 0 Å². The quantitative estimate of drug-likeness (QED) is 0.823. The van der Waals surface area contributed by atoms with Crippen LogP contribution < -0.4 is 0 Å². The number of amides is 1. The van der Waals surface area contributed by atoms with Crippen LogP contribution in [0.5, 0.6) is 0 Å². The van der Waals surface area contributed by atoms with E-state index < -0.39 is 0 Å². The Morgan fingerprint density at radius 1 is 1.27 bits per heavy atom. The number of carbonyl (C=O) groups excluding carboxylic acids is 1. The first-order chi connectivity index (χ1) is 12.8. The van der Waals surface area contributed by atoms with Crippen LogP contribution in [0.15, 0.2) is 43.1 Å². The fourth-order valence-corrected chi connectivity index (χ4v) is 4.22. The van der Waals surface area contributed by atoms with E-state index >= 15 is 0 Å². The van der Waals surface area contributed by atoms with Crippen LogP contribution in [0, 0.1) is 5.92 Å². The molecule has 136 valence electrons. The van der Waals surface area contributed by atoms with E-state index in [1.54, 1.807) is 25.6 Å². The Labute approximate surface area is 153 Å². The molecule has 2 aromatic heterocycles. The van der Waals surface area contributed by atoms with Crippen LogP contribution in [-0.4, -0.2) is 69.5 Å². The summed E-state index contributed by atoms with van der Waals surface area (Å²) in [6.45, 7) is 3.30. The van der Waals surface area contributed by atoms with Crippen molar-refractivity contribution in [2.45, 2.75) is 25.1 Å². The molecule has 0 radical (unpaired) electrons. The number of nitrogens with zero attached hydrogens (tertiary/aromatic N) is 5. The molecule has 4 rings (SSSR count). The van der Waals surface area contributed by atoms with Crippen molar-refractivity contribution < 1.29 is 9.53 Å². The van der Waals surface area contributed by atoms with Crippen LogP contribution in [0.2, 0.25) is 0 Å². The van der Waals surface area contributed by atoms with Gasteiger partial charge in [0, 0.05) is 57.8 Å². The number of methoxy groups -OCH3 is 1. The highest BCUT2D eigenvalue weighted by molar-refractivity contribution is 5.92. The van der Waals surface area contributed by atoms with Crippen LogP contribution in [0.25, 0.3) is 0 Å². The maximum absolute atomic E-state index is 13.0. The second-order valence-corrected chi connectivity index (χ2v) is 6.94. The number of pyridine rings is 1. The van der Waals surface area contributed by atoms with E-state index in [0.29, 0.717) is 18.2 Å². The summed E-state index contributed by atoms with van der Waals surface area (Å²) in [7, 11) is 1.77. The zero-order valence-corrected chi connectivity index (χ0v) is 14.9. The SMILES string of the molecule is CO[C@@H]1CCN(C(=O)c2ccncn2)[C@@H]2CN(Cc3cccnc3)C[C@@H]21. The highest BCUT2D eigenvalue weighted by Crippen LogP contribution is 2.33. The summed E-state index contributed by atoms with van der Waals surface area (Å²) in [5, 5.41) is 0. The zero-order chi connectivity index (χ0) is 17.9. The molecule has 2 aliphatic heterocycles. The molecule has 2 fully saturated rings. The van der Waals surface area contributed by atoms with Crippen molar-refractivity contribution in [3.8, 4) is 0 Å². The van der Waals surface area contributed by atoms with E-state index in [4.69, 9.17) is 4.74 Å². The van der Waals surface area contributed by atoms with E-state index in [1.807, 2.05) is 17.2 Å². The number of fused-ring (bicyclic) bond motifs is 1. The third-order valence-corrected chi connectivity index (χ3v) is 5.43. The summed E-state index contributed by atoms with van der Waals surface area (Å²) in [5.74, 6) is 0.302. The van der Waals surface area contributed by atoms with Gasteiger partial charge >= 0.3 is 0 Å². The van der Waals surface area contributed by atoms with E-state index in [1.165, 1.54) is 11.9 Å². The van der Waals surface area contributed by atoms with Gasteiger partial charge in [-0.25, -0.2) is 9.97 Å². The van der Waals surface area contributed by atoms with Crippen molar-refractivity contribution in [3.05, 3.63) is 54.4 Å². The normalized spacial score (nSPS) is 25.9. The monoisotopic (exact) mass is 353 g/mol. The predicted molar refractivity (Wildman–Crippen MR) is 95.3 cm³/mol. The Balaban J connectivity index is 1.53. The third-order valence-electron chi connectivity index (χ3n) is 5.43. The summed E-state index contributed by atoms with van der Waals surface area (Å²) in [4.78, 5) is 29.6. The molecule has 0 aromatic carbocycles. The van der Waals surface area contributed by atoms with Crippen LogP contribution in [0.1, 0.15) is 22.5 Å². The van der Waals surface area contributed by atoms with Gasteiger partial charge in [-0.3, -0.25) is 14.7 Å². The van der Waals surface area contributed by atoms with Crippen LogP contribution >= 0.6 is 0 Å². The fraction of sp³-hybridized carbons (Fsp3) is 0.474. The fourth-order valence-electron chi connectivity index (χ4n) is 4.22. The number of likely N-dealkylation sites (tertiary alicyclic amines) is 2. The lowest BCUT2D eigenvalue weighted by Gasteiger charge is -2.40. The Morgan fingerprint density at radius 3 is 2.92 bits per heavy atom. The first-order valence-corrected chi connectivity index (χ1v) is 8.97. The second-order valence-electron chi connectivity index (χ2n) is 6.94. The molecule has 1 amide bonds. The number of aromatic nitrogens is 3. The van der Waals surface area contributed by atoms with Gasteiger partial charge < -0.3 is 9.64 Å². The Bertz CT molecular complexity index is 742. The standard InChI is InChI=1S/C19H23N5O2/c1-26-18-5-8-24(19(25)16-4-7-21-13-22-16)17-12-23(11-15(17)18)10-14-3-2-6-20-9-14/h2-4,6-7,9,13,15,17-18H,5,8,10-12H2,1H3/t15-,17+,18+/m0/s1. The first-order valence-electron chi connectivity index (χ1n) is 8.97. The first kappa shape index (κ1) is 17.1. The van der Waals surface area contributed by atoms with Gasteiger partial charge in [0.25, 0.3) is 5.91 Å². The number of rotatable bonds is 4. The van der Waals surface area contributed by atoms with Crippen molar-refractivity contribution in [2.75, 3.05) is 26.7 Å². The summed E-state index contributed by atoms with van der Waals surface area (Å²) < 4.78 is 5.73.